The zero-order valence-electron chi connectivity index (χ0n) is 9.65. The summed E-state index contributed by atoms with van der Waals surface area (Å²) < 4.78 is 8.57. The Labute approximate surface area is 137 Å². The van der Waals surface area contributed by atoms with Crippen LogP contribution in [0.1, 0.15) is 6.92 Å². The first-order valence-electron chi connectivity index (χ1n) is 4.01. The smallest absolute Gasteiger partial charge is 0.464 e. The summed E-state index contributed by atoms with van der Waals surface area (Å²) in [5.41, 5.74) is 0. The maximum absolute atomic E-state index is 10.2. The van der Waals surface area contributed by atoms with Crippen molar-refractivity contribution in [1.82, 2.24) is 0 Å². The number of hydrogen-bond donors (Lipinski definition) is 0. The van der Waals surface area contributed by atoms with E-state index in [0.29, 0.717) is 6.61 Å². The predicted octanol–water partition coefficient (Wildman–Crippen LogP) is -2.45. The van der Waals surface area contributed by atoms with E-state index in [0.717, 1.165) is 0 Å². The van der Waals surface area contributed by atoms with Gasteiger partial charge >= 0.3 is 76.4 Å². The van der Waals surface area contributed by atoms with E-state index >= 15 is 0 Å². The summed E-state index contributed by atoms with van der Waals surface area (Å²) in [6, 6.07) is 0. The summed E-state index contributed by atoms with van der Waals surface area (Å²) in [5.74, 6) is -0.919. The second-order valence-electron chi connectivity index (χ2n) is 2.01. The van der Waals surface area contributed by atoms with Gasteiger partial charge < -0.3 is 19.2 Å². The average Bonchev–Trinajstić information content (AvgIpc) is 2.20. The van der Waals surface area contributed by atoms with Crippen LogP contribution in [0.4, 0.5) is 0 Å². The van der Waals surface area contributed by atoms with Crippen molar-refractivity contribution >= 4 is 11.9 Å². The van der Waals surface area contributed by atoms with Crippen LogP contribution in [-0.4, -0.2) is 38.7 Å². The van der Waals surface area contributed by atoms with Gasteiger partial charge in [0.25, 0.3) is 0 Å². The number of carbonyl (C=O) groups is 2. The molecule has 0 bridgehead atoms. The largest absolute Gasteiger partial charge is 1.00 e. The van der Waals surface area contributed by atoms with Crippen molar-refractivity contribution in [2.75, 3.05) is 26.8 Å². The SMILES string of the molecule is [C-]#[N+]CC(=O)OC.[C-]#[N+]CC(=O)OCC.[K+]. The Morgan fingerprint density at radius 3 is 1.81 bits per heavy atom. The topological polar surface area (TPSA) is 61.3 Å². The van der Waals surface area contributed by atoms with E-state index in [4.69, 9.17) is 13.1 Å². The van der Waals surface area contributed by atoms with Gasteiger partial charge in [0.2, 0.25) is 0 Å². The van der Waals surface area contributed by atoms with Crippen molar-refractivity contribution in [3.05, 3.63) is 22.8 Å². The normalized spacial score (nSPS) is 6.75. The van der Waals surface area contributed by atoms with Crippen molar-refractivity contribution in [2.45, 2.75) is 6.92 Å². The van der Waals surface area contributed by atoms with E-state index in [1.807, 2.05) is 0 Å². The van der Waals surface area contributed by atoms with E-state index in [1.165, 1.54) is 7.11 Å². The molecule has 0 unspecified atom stereocenters. The molecular weight excluding hydrogens is 239 g/mol. The Kier molecular flexibility index (Phi) is 22.2. The first-order chi connectivity index (χ1) is 7.12. The zero-order chi connectivity index (χ0) is 12.1. The van der Waals surface area contributed by atoms with Crippen LogP contribution in [0, 0.1) is 13.1 Å². The molecule has 7 heteroatoms. The molecular formula is C9H12KN2O4+. The third-order valence-corrected chi connectivity index (χ3v) is 0.949. The molecule has 0 aromatic heterocycles. The minimum absolute atomic E-state index is 0. The van der Waals surface area contributed by atoms with Crippen LogP contribution in [0.3, 0.4) is 0 Å². The molecule has 82 valence electrons. The van der Waals surface area contributed by atoms with Gasteiger partial charge in [-0.25, -0.2) is 22.7 Å². The Morgan fingerprint density at radius 2 is 1.56 bits per heavy atom. The van der Waals surface area contributed by atoms with Crippen molar-refractivity contribution in [2.24, 2.45) is 0 Å². The van der Waals surface area contributed by atoms with Gasteiger partial charge in [-0.05, 0) is 6.92 Å². The zero-order valence-corrected chi connectivity index (χ0v) is 12.8. The number of nitrogens with zero attached hydrogens (tertiary/aromatic N) is 2. The molecule has 0 aliphatic heterocycles. The molecule has 16 heavy (non-hydrogen) atoms. The van der Waals surface area contributed by atoms with Gasteiger partial charge in [0.05, 0.1) is 13.7 Å². The fourth-order valence-electron chi connectivity index (χ4n) is 0.400. The van der Waals surface area contributed by atoms with Gasteiger partial charge in [-0.15, -0.1) is 0 Å². The van der Waals surface area contributed by atoms with E-state index in [2.05, 4.69) is 19.2 Å². The predicted molar refractivity (Wildman–Crippen MR) is 51.6 cm³/mol. The first-order valence-corrected chi connectivity index (χ1v) is 4.01. The molecule has 0 saturated heterocycles. The number of hydrogen-bond acceptors (Lipinski definition) is 4. The van der Waals surface area contributed by atoms with Crippen molar-refractivity contribution in [1.29, 1.82) is 0 Å². The molecule has 0 N–H and O–H groups in total. The monoisotopic (exact) mass is 251 g/mol. The van der Waals surface area contributed by atoms with E-state index in [-0.39, 0.29) is 64.5 Å². The molecule has 0 aliphatic rings. The molecule has 6 nitrogen and oxygen atoms in total. The van der Waals surface area contributed by atoms with Gasteiger partial charge in [0.15, 0.2) is 0 Å². The second-order valence-corrected chi connectivity index (χ2v) is 2.01. The van der Waals surface area contributed by atoms with Crippen molar-refractivity contribution in [3.8, 4) is 0 Å². The minimum Gasteiger partial charge on any atom is -0.464 e. The first kappa shape index (κ1) is 20.9. The average molecular weight is 251 g/mol. The molecule has 0 rings (SSSR count). The molecule has 0 fully saturated rings. The summed E-state index contributed by atoms with van der Waals surface area (Å²) in [6.07, 6.45) is 0. The number of rotatable bonds is 3. The minimum atomic E-state index is -0.477. The van der Waals surface area contributed by atoms with Crippen molar-refractivity contribution in [3.63, 3.8) is 0 Å². The van der Waals surface area contributed by atoms with Crippen LogP contribution in [0.5, 0.6) is 0 Å². The standard InChI is InChI=1S/C5H7NO2.C4H5NO2.K/c1-3-8-5(7)4-6-2;1-5-3-4(6)7-2;/h3-4H2,1H3;3H2,2H3;/q;;+1. The molecule has 0 amide bonds. The Morgan fingerprint density at radius 1 is 1.12 bits per heavy atom. The van der Waals surface area contributed by atoms with Crippen LogP contribution in [-0.2, 0) is 19.1 Å². The number of carbonyl (C=O) groups excluding carboxylic acids is 2. The number of esters is 2. The van der Waals surface area contributed by atoms with Gasteiger partial charge in [-0.3, -0.25) is 0 Å². The number of methoxy groups -OCH3 is 1. The van der Waals surface area contributed by atoms with Gasteiger partial charge in [-0.2, -0.15) is 0 Å². The Bertz CT molecular complexity index is 280. The fraction of sp³-hybridized carbons (Fsp3) is 0.556. The summed E-state index contributed by atoms with van der Waals surface area (Å²) in [7, 11) is 1.26. The molecule has 0 aliphatic carbocycles. The van der Waals surface area contributed by atoms with Crippen molar-refractivity contribution < 1.29 is 70.4 Å². The third kappa shape index (κ3) is 19.2. The summed E-state index contributed by atoms with van der Waals surface area (Å²) in [5, 5.41) is 0. The van der Waals surface area contributed by atoms with Gasteiger partial charge in [-0.1, -0.05) is 0 Å². The van der Waals surface area contributed by atoms with E-state index in [1.54, 1.807) is 6.92 Å². The Balaban J connectivity index is -0.000000200. The summed E-state index contributed by atoms with van der Waals surface area (Å²) in [4.78, 5) is 25.8. The fourth-order valence-corrected chi connectivity index (χ4v) is 0.400. The molecule has 0 saturated carbocycles. The van der Waals surface area contributed by atoms with Gasteiger partial charge in [0.1, 0.15) is 0 Å². The molecule has 0 aromatic rings. The Hall–Kier alpha value is -0.444. The molecule has 0 heterocycles. The van der Waals surface area contributed by atoms with Gasteiger partial charge in [0, 0.05) is 0 Å². The van der Waals surface area contributed by atoms with Crippen LogP contribution in [0.2, 0.25) is 0 Å². The quantitative estimate of drug-likeness (QED) is 0.317. The second kappa shape index (κ2) is 17.0. The van der Waals surface area contributed by atoms with Crippen LogP contribution < -0.4 is 51.4 Å². The molecule has 0 aromatic carbocycles. The van der Waals surface area contributed by atoms with Crippen LogP contribution in [0.15, 0.2) is 0 Å². The van der Waals surface area contributed by atoms with Crippen LogP contribution >= 0.6 is 0 Å². The summed E-state index contributed by atoms with van der Waals surface area (Å²) in [6.45, 7) is 14.1. The molecule has 0 spiro atoms. The maximum atomic E-state index is 10.2. The summed E-state index contributed by atoms with van der Waals surface area (Å²) >= 11 is 0. The maximum Gasteiger partial charge on any atom is 1.00 e. The van der Waals surface area contributed by atoms with E-state index in [9.17, 15) is 9.59 Å². The van der Waals surface area contributed by atoms with E-state index < -0.39 is 11.9 Å². The number of ether oxygens (including phenoxy) is 2. The molecule has 0 atom stereocenters. The molecule has 0 radical (unpaired) electrons. The third-order valence-electron chi connectivity index (χ3n) is 0.949. The van der Waals surface area contributed by atoms with Crippen LogP contribution in [0.25, 0.3) is 9.69 Å².